The smallest absolute Gasteiger partial charge is 0.137 e. The molecule has 12 heavy (non-hydrogen) atoms. The van der Waals surface area contributed by atoms with Gasteiger partial charge in [-0.3, -0.25) is 0 Å². The van der Waals surface area contributed by atoms with Gasteiger partial charge in [0.15, 0.2) is 0 Å². The molecule has 0 aromatic heterocycles. The monoisotopic (exact) mass is 183 g/mol. The molecule has 64 valence electrons. The Kier molecular flexibility index (Phi) is 2.76. The first-order valence-electron chi connectivity index (χ1n) is 3.43. The average Bonchev–Trinajstić information content (AvgIpc) is 2.04. The van der Waals surface area contributed by atoms with Crippen molar-refractivity contribution >= 4 is 17.5 Å². The Morgan fingerprint density at radius 2 is 2.25 bits per heavy atom. The highest BCUT2D eigenvalue weighted by molar-refractivity contribution is 7.98. The summed E-state index contributed by atoms with van der Waals surface area (Å²) in [5, 5.41) is 0. The van der Waals surface area contributed by atoms with Crippen LogP contribution < -0.4 is 5.73 Å². The van der Waals surface area contributed by atoms with E-state index in [1.165, 1.54) is 17.8 Å². The van der Waals surface area contributed by atoms with Crippen molar-refractivity contribution in [3.8, 4) is 0 Å². The molecule has 0 saturated heterocycles. The highest BCUT2D eigenvalue weighted by Crippen LogP contribution is 2.21. The number of thioether (sulfide) groups is 1. The largest absolute Gasteiger partial charge is 0.399 e. The molecule has 1 rings (SSSR count). The summed E-state index contributed by atoms with van der Waals surface area (Å²) in [6.07, 6.45) is 1.83. The van der Waals surface area contributed by atoms with Gasteiger partial charge < -0.3 is 5.73 Å². The van der Waals surface area contributed by atoms with E-state index < -0.39 is 0 Å². The third kappa shape index (κ3) is 1.80. The zero-order valence-electron chi connectivity index (χ0n) is 6.80. The van der Waals surface area contributed by atoms with Crippen molar-refractivity contribution in [2.24, 2.45) is 5.73 Å². The fraction of sp³-hybridized carbons (Fsp3) is 0.111. The number of rotatable bonds is 2. The summed E-state index contributed by atoms with van der Waals surface area (Å²) in [6.45, 7) is 3.53. The van der Waals surface area contributed by atoms with Crippen molar-refractivity contribution < 1.29 is 4.39 Å². The van der Waals surface area contributed by atoms with Gasteiger partial charge in [-0.25, -0.2) is 4.39 Å². The Balaban J connectivity index is 3.10. The summed E-state index contributed by atoms with van der Waals surface area (Å²) < 4.78 is 13.1. The molecule has 0 atom stereocenters. The van der Waals surface area contributed by atoms with Crippen LogP contribution in [-0.4, -0.2) is 6.26 Å². The molecule has 0 bridgehead atoms. The van der Waals surface area contributed by atoms with Gasteiger partial charge in [0, 0.05) is 10.6 Å². The van der Waals surface area contributed by atoms with Crippen LogP contribution in [0.2, 0.25) is 0 Å². The Morgan fingerprint density at radius 1 is 1.58 bits per heavy atom. The van der Waals surface area contributed by atoms with E-state index in [2.05, 4.69) is 6.58 Å². The Hall–Kier alpha value is -0.960. The molecule has 0 aliphatic heterocycles. The minimum absolute atomic E-state index is 0.244. The summed E-state index contributed by atoms with van der Waals surface area (Å²) in [6, 6.07) is 4.86. The van der Waals surface area contributed by atoms with E-state index in [9.17, 15) is 4.39 Å². The summed E-state index contributed by atoms with van der Waals surface area (Å²) in [5.74, 6) is -0.244. The number of hydrogen-bond acceptors (Lipinski definition) is 2. The van der Waals surface area contributed by atoms with Gasteiger partial charge in [-0.15, -0.1) is 11.8 Å². The van der Waals surface area contributed by atoms with Crippen LogP contribution in [0.5, 0.6) is 0 Å². The molecule has 0 fully saturated rings. The van der Waals surface area contributed by atoms with Gasteiger partial charge >= 0.3 is 0 Å². The summed E-state index contributed by atoms with van der Waals surface area (Å²) in [7, 11) is 0. The highest BCUT2D eigenvalue weighted by atomic mass is 32.2. The standard InChI is InChI=1S/C9H10FNS/c1-6(11)7-3-4-9(12-2)8(10)5-7/h3-5H,1,11H2,2H3. The van der Waals surface area contributed by atoms with Crippen LogP contribution in [0.15, 0.2) is 29.7 Å². The lowest BCUT2D eigenvalue weighted by Crippen LogP contribution is -1.94. The quantitative estimate of drug-likeness (QED) is 0.713. The molecule has 1 nitrogen and oxygen atoms in total. The maximum absolute atomic E-state index is 13.1. The number of halogens is 1. The lowest BCUT2D eigenvalue weighted by atomic mass is 10.2. The second-order valence-electron chi connectivity index (χ2n) is 2.37. The second kappa shape index (κ2) is 3.63. The first-order valence-corrected chi connectivity index (χ1v) is 4.66. The first-order chi connectivity index (χ1) is 5.65. The molecule has 1 aromatic rings. The van der Waals surface area contributed by atoms with E-state index in [-0.39, 0.29) is 5.82 Å². The topological polar surface area (TPSA) is 26.0 Å². The van der Waals surface area contributed by atoms with Crippen molar-refractivity contribution in [1.29, 1.82) is 0 Å². The van der Waals surface area contributed by atoms with E-state index in [4.69, 9.17) is 5.73 Å². The third-order valence-electron chi connectivity index (χ3n) is 1.52. The second-order valence-corrected chi connectivity index (χ2v) is 3.22. The molecule has 3 heteroatoms. The van der Waals surface area contributed by atoms with Crippen molar-refractivity contribution in [2.45, 2.75) is 4.90 Å². The van der Waals surface area contributed by atoms with E-state index in [1.807, 2.05) is 6.26 Å². The van der Waals surface area contributed by atoms with Crippen LogP contribution in [0, 0.1) is 5.82 Å². The van der Waals surface area contributed by atoms with Gasteiger partial charge in [0.05, 0.1) is 0 Å². The van der Waals surface area contributed by atoms with Crippen molar-refractivity contribution in [2.75, 3.05) is 6.26 Å². The van der Waals surface area contributed by atoms with Crippen LogP contribution in [0.4, 0.5) is 4.39 Å². The Morgan fingerprint density at radius 3 is 2.67 bits per heavy atom. The predicted octanol–water partition coefficient (Wildman–Crippen LogP) is 2.48. The number of hydrogen-bond donors (Lipinski definition) is 1. The van der Waals surface area contributed by atoms with Crippen LogP contribution in [0.1, 0.15) is 5.56 Å². The van der Waals surface area contributed by atoms with Crippen molar-refractivity contribution in [3.05, 3.63) is 36.2 Å². The van der Waals surface area contributed by atoms with Gasteiger partial charge in [0.25, 0.3) is 0 Å². The Labute approximate surface area is 75.5 Å². The van der Waals surface area contributed by atoms with Crippen molar-refractivity contribution in [1.82, 2.24) is 0 Å². The molecule has 0 spiro atoms. The average molecular weight is 183 g/mol. The minimum Gasteiger partial charge on any atom is -0.399 e. The number of nitrogens with two attached hydrogens (primary N) is 1. The maximum atomic E-state index is 13.1. The van der Waals surface area contributed by atoms with Crippen LogP contribution in [0.25, 0.3) is 5.70 Å². The molecule has 2 N–H and O–H groups in total. The SMILES string of the molecule is C=C(N)c1ccc(SC)c(F)c1. The van der Waals surface area contributed by atoms with E-state index in [0.717, 1.165) is 0 Å². The minimum atomic E-state index is -0.244. The van der Waals surface area contributed by atoms with E-state index in [0.29, 0.717) is 16.2 Å². The van der Waals surface area contributed by atoms with Crippen LogP contribution in [0.3, 0.4) is 0 Å². The molecule has 0 saturated carbocycles. The molecule has 0 heterocycles. The summed E-state index contributed by atoms with van der Waals surface area (Å²) in [4.78, 5) is 0.625. The lowest BCUT2D eigenvalue weighted by molar-refractivity contribution is 0.601. The van der Waals surface area contributed by atoms with Crippen molar-refractivity contribution in [3.63, 3.8) is 0 Å². The van der Waals surface area contributed by atoms with E-state index >= 15 is 0 Å². The summed E-state index contributed by atoms with van der Waals surface area (Å²) >= 11 is 1.37. The van der Waals surface area contributed by atoms with Gasteiger partial charge in [-0.1, -0.05) is 12.6 Å². The normalized spacial score (nSPS) is 9.83. The third-order valence-corrected chi connectivity index (χ3v) is 2.29. The predicted molar refractivity (Wildman–Crippen MR) is 51.4 cm³/mol. The molecular weight excluding hydrogens is 173 g/mol. The molecule has 1 aromatic carbocycles. The van der Waals surface area contributed by atoms with Crippen LogP contribution in [-0.2, 0) is 0 Å². The number of benzene rings is 1. The molecular formula is C9H10FNS. The molecule has 0 aliphatic carbocycles. The first kappa shape index (κ1) is 9.13. The zero-order chi connectivity index (χ0) is 9.14. The highest BCUT2D eigenvalue weighted by Gasteiger charge is 2.02. The zero-order valence-corrected chi connectivity index (χ0v) is 7.62. The Bertz CT molecular complexity index is 309. The fourth-order valence-electron chi connectivity index (χ4n) is 0.866. The van der Waals surface area contributed by atoms with Crippen LogP contribution >= 0.6 is 11.8 Å². The van der Waals surface area contributed by atoms with E-state index in [1.54, 1.807) is 12.1 Å². The molecule has 0 radical (unpaired) electrons. The van der Waals surface area contributed by atoms with Gasteiger partial charge in [0.1, 0.15) is 5.82 Å². The lowest BCUT2D eigenvalue weighted by Gasteiger charge is -2.02. The fourth-order valence-corrected chi connectivity index (χ4v) is 1.32. The molecule has 0 amide bonds. The van der Waals surface area contributed by atoms with Gasteiger partial charge in [-0.05, 0) is 24.0 Å². The summed E-state index contributed by atoms with van der Waals surface area (Å²) in [5.41, 5.74) is 6.44. The molecule has 0 unspecified atom stereocenters. The molecule has 0 aliphatic rings. The van der Waals surface area contributed by atoms with Gasteiger partial charge in [0.2, 0.25) is 0 Å². The maximum Gasteiger partial charge on any atom is 0.137 e. The van der Waals surface area contributed by atoms with Gasteiger partial charge in [-0.2, -0.15) is 0 Å².